The molecule has 0 aliphatic heterocycles. The van der Waals surface area contributed by atoms with Crippen molar-refractivity contribution in [2.45, 2.75) is 101 Å². The molecule has 3 rings (SSSR count). The molecule has 0 fully saturated rings. The molecule has 1 aromatic heterocycles. The van der Waals surface area contributed by atoms with Crippen LogP contribution in [-0.2, 0) is 57.6 Å². The van der Waals surface area contributed by atoms with Gasteiger partial charge < -0.3 is 69.4 Å². The molecule has 0 aliphatic rings. The number of carbonyl (C=O) groups excluding carboxylic acids is 7. The van der Waals surface area contributed by atoms with Crippen molar-refractivity contribution >= 4 is 47.3 Å². The Labute approximate surface area is 362 Å². The molecule has 7 atom stereocenters. The number of phenolic OH excluding ortho intramolecular Hbond substituents is 1. The molecule has 16 N–H and O–H groups in total. The molecule has 342 valence electrons. The number of aromatic nitrogens is 2. The number of rotatable bonds is 27. The first-order valence-electron chi connectivity index (χ1n) is 20.2. The van der Waals surface area contributed by atoms with Crippen LogP contribution in [0.4, 0.5) is 0 Å². The van der Waals surface area contributed by atoms with Crippen molar-refractivity contribution in [3.63, 3.8) is 0 Å². The second-order valence-electron chi connectivity index (χ2n) is 14.8. The Kier molecular flexibility index (Phi) is 20.6. The fourth-order valence-corrected chi connectivity index (χ4v) is 6.13. The summed E-state index contributed by atoms with van der Waals surface area (Å²) in [7, 11) is 0. The van der Waals surface area contributed by atoms with Crippen molar-refractivity contribution < 1.29 is 53.7 Å². The summed E-state index contributed by atoms with van der Waals surface area (Å²) in [6.45, 7) is 0.775. The molecule has 3 aromatic rings. The lowest BCUT2D eigenvalue weighted by Gasteiger charge is -2.27. The summed E-state index contributed by atoms with van der Waals surface area (Å²) < 4.78 is 0. The number of hydrogen-bond acceptors (Lipinski definition) is 13. The minimum absolute atomic E-state index is 0.00527. The van der Waals surface area contributed by atoms with Crippen molar-refractivity contribution in [3.8, 4) is 5.75 Å². The van der Waals surface area contributed by atoms with E-state index in [1.165, 1.54) is 43.7 Å². The number of nitrogens with zero attached hydrogens (tertiary/aromatic N) is 1. The number of aliphatic hydroxyl groups is 1. The van der Waals surface area contributed by atoms with Gasteiger partial charge in [0.1, 0.15) is 42.0 Å². The Morgan fingerprint density at radius 2 is 1.14 bits per heavy atom. The van der Waals surface area contributed by atoms with Gasteiger partial charge in [0, 0.05) is 37.6 Å². The molecule has 0 radical (unpaired) electrons. The van der Waals surface area contributed by atoms with Gasteiger partial charge in [-0.05, 0) is 62.4 Å². The predicted octanol–water partition coefficient (Wildman–Crippen LogP) is -3.13. The number of H-pyrrole nitrogens is 1. The van der Waals surface area contributed by atoms with Gasteiger partial charge in [0.05, 0.1) is 19.0 Å². The number of carboxylic acid groups (broad SMARTS) is 1. The number of aliphatic carboxylic acids is 1. The third kappa shape index (κ3) is 17.5. The number of aromatic hydroxyl groups is 1. The summed E-state index contributed by atoms with van der Waals surface area (Å²) in [6.07, 6.45) is 2.38. The number of primary amides is 1. The normalized spacial score (nSPS) is 14.3. The first-order chi connectivity index (χ1) is 30.0. The Morgan fingerprint density at radius 3 is 1.65 bits per heavy atom. The Morgan fingerprint density at radius 1 is 0.651 bits per heavy atom. The van der Waals surface area contributed by atoms with Crippen molar-refractivity contribution in [1.82, 2.24) is 41.9 Å². The van der Waals surface area contributed by atoms with Crippen LogP contribution in [0.3, 0.4) is 0 Å². The van der Waals surface area contributed by atoms with Gasteiger partial charge in [0.25, 0.3) is 0 Å². The number of amides is 7. The van der Waals surface area contributed by atoms with E-state index in [1.54, 1.807) is 30.3 Å². The maximum atomic E-state index is 14.2. The number of carboxylic acids is 1. The Balaban J connectivity index is 1.92. The van der Waals surface area contributed by atoms with Crippen LogP contribution < -0.4 is 49.1 Å². The summed E-state index contributed by atoms with van der Waals surface area (Å²) in [5.74, 6) is -7.61. The van der Waals surface area contributed by atoms with Crippen LogP contribution >= 0.6 is 0 Å². The maximum Gasteiger partial charge on any atom is 0.326 e. The summed E-state index contributed by atoms with van der Waals surface area (Å²) >= 11 is 0. The maximum absolute atomic E-state index is 14.2. The molecule has 0 unspecified atom stereocenters. The number of unbranched alkanes of at least 4 members (excludes halogenated alkanes) is 1. The second-order valence-corrected chi connectivity index (χ2v) is 14.8. The highest BCUT2D eigenvalue weighted by Gasteiger charge is 2.34. The zero-order valence-corrected chi connectivity index (χ0v) is 34.8. The number of phenols is 1. The monoisotopic (exact) mass is 879 g/mol. The topological polar surface area (TPSA) is 376 Å². The largest absolute Gasteiger partial charge is 0.508 e. The fourth-order valence-electron chi connectivity index (χ4n) is 6.13. The lowest BCUT2D eigenvalue weighted by molar-refractivity contribution is -0.142. The molecule has 0 saturated carbocycles. The van der Waals surface area contributed by atoms with E-state index in [9.17, 15) is 53.7 Å². The van der Waals surface area contributed by atoms with Gasteiger partial charge in [-0.1, -0.05) is 42.5 Å². The van der Waals surface area contributed by atoms with Gasteiger partial charge in [0.2, 0.25) is 41.4 Å². The Bertz CT molecular complexity index is 1980. The zero-order chi connectivity index (χ0) is 46.5. The van der Waals surface area contributed by atoms with E-state index >= 15 is 0 Å². The molecule has 0 saturated heterocycles. The highest BCUT2D eigenvalue weighted by atomic mass is 16.4. The molecule has 2 aromatic carbocycles. The lowest BCUT2D eigenvalue weighted by Crippen LogP contribution is -2.61. The van der Waals surface area contributed by atoms with E-state index in [4.69, 9.17) is 17.2 Å². The minimum atomic E-state index is -1.65. The molecular formula is C41H57N11O11. The number of imidazole rings is 1. The molecule has 22 nitrogen and oxygen atoms in total. The minimum Gasteiger partial charge on any atom is -0.508 e. The average Bonchev–Trinajstić information content (AvgIpc) is 3.77. The lowest BCUT2D eigenvalue weighted by atomic mass is 10.0. The Hall–Kier alpha value is -6.91. The van der Waals surface area contributed by atoms with E-state index < -0.39 is 96.2 Å². The van der Waals surface area contributed by atoms with Gasteiger partial charge >= 0.3 is 5.97 Å². The van der Waals surface area contributed by atoms with Gasteiger partial charge in [-0.15, -0.1) is 0 Å². The molecule has 1 heterocycles. The van der Waals surface area contributed by atoms with Gasteiger partial charge in [-0.2, -0.15) is 0 Å². The standard InChI is InChI=1S/C41H57N11O11/c1-23(43)35(56)49-30(17-24-7-3-2-4-8-24)37(58)47-28(14-15-34(44)55)36(57)50-31(18-25-10-12-27(54)13-11-25)38(59)51-32(19-26-20-45-22-46-26)39(60)52-33(21-53)40(61)48-29(41(62)63)9-5-6-16-42/h2-4,7-8,10-13,20,22-23,28-33,53-54H,5-6,9,14-19,21,42-43H2,1H3,(H2,44,55)(H,45,46)(H,47,58)(H,48,61)(H,49,56)(H,50,57)(H,51,59)(H,52,60)(H,62,63)/t23-,28-,29-,30-,31-,32-,33-/m0/s1. The van der Waals surface area contributed by atoms with E-state index in [0.717, 1.165) is 0 Å². The molecular weight excluding hydrogens is 823 g/mol. The van der Waals surface area contributed by atoms with E-state index in [2.05, 4.69) is 41.9 Å². The third-order valence-corrected chi connectivity index (χ3v) is 9.64. The number of hydrogen-bond donors (Lipinski definition) is 13. The third-order valence-electron chi connectivity index (χ3n) is 9.64. The van der Waals surface area contributed by atoms with Crippen LogP contribution in [0.25, 0.3) is 0 Å². The molecule has 0 spiro atoms. The van der Waals surface area contributed by atoms with Crippen molar-refractivity contribution in [2.24, 2.45) is 17.2 Å². The SMILES string of the molecule is C[C@H](N)C(=O)N[C@@H](Cc1ccccc1)C(=O)N[C@@H](CCC(N)=O)C(=O)N[C@@H](Cc1ccc(O)cc1)C(=O)N[C@@H](Cc1cnc[nH]1)C(=O)N[C@@H](CO)C(=O)N[C@@H](CCCCN)C(=O)O. The van der Waals surface area contributed by atoms with Crippen LogP contribution in [0.2, 0.25) is 0 Å². The smallest absolute Gasteiger partial charge is 0.326 e. The second kappa shape index (κ2) is 25.8. The first-order valence-corrected chi connectivity index (χ1v) is 20.2. The zero-order valence-electron chi connectivity index (χ0n) is 34.8. The predicted molar refractivity (Wildman–Crippen MR) is 226 cm³/mol. The summed E-state index contributed by atoms with van der Waals surface area (Å²) in [5.41, 5.74) is 18.1. The van der Waals surface area contributed by atoms with Crippen LogP contribution in [0.1, 0.15) is 55.8 Å². The number of carbonyl (C=O) groups is 8. The van der Waals surface area contributed by atoms with Crippen molar-refractivity contribution in [1.29, 1.82) is 0 Å². The number of nitrogens with two attached hydrogens (primary N) is 3. The van der Waals surface area contributed by atoms with Crippen LogP contribution in [-0.4, -0.2) is 128 Å². The average molecular weight is 880 g/mol. The van der Waals surface area contributed by atoms with Crippen LogP contribution in [0.5, 0.6) is 5.75 Å². The molecule has 0 aliphatic carbocycles. The van der Waals surface area contributed by atoms with Crippen LogP contribution in [0, 0.1) is 0 Å². The quantitative estimate of drug-likeness (QED) is 0.0337. The van der Waals surface area contributed by atoms with Gasteiger partial charge in [0.15, 0.2) is 0 Å². The number of aromatic amines is 1. The number of benzene rings is 2. The molecule has 22 heteroatoms. The fraction of sp³-hybridized carbons (Fsp3) is 0.439. The van der Waals surface area contributed by atoms with E-state index in [0.29, 0.717) is 36.2 Å². The van der Waals surface area contributed by atoms with Gasteiger partial charge in [-0.3, -0.25) is 33.6 Å². The number of nitrogens with one attached hydrogen (secondary N) is 7. The van der Waals surface area contributed by atoms with Crippen LogP contribution in [0.15, 0.2) is 67.1 Å². The highest BCUT2D eigenvalue weighted by molar-refractivity contribution is 5.97. The van der Waals surface area contributed by atoms with Crippen molar-refractivity contribution in [2.75, 3.05) is 13.2 Å². The summed E-state index contributed by atoms with van der Waals surface area (Å²) in [4.78, 5) is 112. The first kappa shape index (κ1) is 50.4. The molecule has 7 amide bonds. The molecule has 0 bridgehead atoms. The van der Waals surface area contributed by atoms with Crippen molar-refractivity contribution in [3.05, 3.63) is 83.9 Å². The van der Waals surface area contributed by atoms with E-state index in [-0.39, 0.29) is 44.3 Å². The molecule has 63 heavy (non-hydrogen) atoms. The number of aliphatic hydroxyl groups excluding tert-OH is 1. The summed E-state index contributed by atoms with van der Waals surface area (Å²) in [5, 5.41) is 44.5. The van der Waals surface area contributed by atoms with E-state index in [1.807, 2.05) is 0 Å². The summed E-state index contributed by atoms with van der Waals surface area (Å²) in [6, 6.07) is 4.57. The highest BCUT2D eigenvalue weighted by Crippen LogP contribution is 2.13. The van der Waals surface area contributed by atoms with Gasteiger partial charge in [-0.25, -0.2) is 9.78 Å².